The van der Waals surface area contributed by atoms with E-state index in [0.717, 1.165) is 12.1 Å². The van der Waals surface area contributed by atoms with Crippen LogP contribution in [-0.2, 0) is 4.79 Å². The highest BCUT2D eigenvalue weighted by Crippen LogP contribution is 2.36. The number of piperidine rings is 1. The summed E-state index contributed by atoms with van der Waals surface area (Å²) in [7, 11) is 0. The molecule has 0 radical (unpaired) electrons. The molecule has 20 heavy (non-hydrogen) atoms. The van der Waals surface area contributed by atoms with Crippen LogP contribution in [0, 0.1) is 5.41 Å². The second-order valence-corrected chi connectivity index (χ2v) is 6.04. The standard InChI is InChI=1S/C14H20N2O3S/c1-2-4-14(12(17)18)5-7-16(8-6-14)13(19)15-11-3-9-20-10-11/h3,9-10H,2,4-8H2,1H3,(H,15,19)(H,17,18). The van der Waals surface area contributed by atoms with Gasteiger partial charge in [0.05, 0.1) is 11.1 Å². The number of urea groups is 1. The molecule has 110 valence electrons. The zero-order valence-corrected chi connectivity index (χ0v) is 12.4. The van der Waals surface area contributed by atoms with E-state index in [1.54, 1.807) is 4.90 Å². The van der Waals surface area contributed by atoms with Crippen molar-refractivity contribution in [1.29, 1.82) is 0 Å². The van der Waals surface area contributed by atoms with Gasteiger partial charge in [-0.2, -0.15) is 11.3 Å². The van der Waals surface area contributed by atoms with Crippen molar-refractivity contribution >= 4 is 29.0 Å². The number of likely N-dealkylation sites (tertiary alicyclic amines) is 1. The highest BCUT2D eigenvalue weighted by molar-refractivity contribution is 7.08. The second kappa shape index (κ2) is 6.26. The van der Waals surface area contributed by atoms with E-state index in [9.17, 15) is 14.7 Å². The van der Waals surface area contributed by atoms with Crippen molar-refractivity contribution in [3.63, 3.8) is 0 Å². The molecule has 1 aromatic heterocycles. The molecule has 1 aromatic rings. The maximum absolute atomic E-state index is 12.1. The van der Waals surface area contributed by atoms with Crippen molar-refractivity contribution in [3.05, 3.63) is 16.8 Å². The molecule has 0 spiro atoms. The molecule has 6 heteroatoms. The summed E-state index contributed by atoms with van der Waals surface area (Å²) in [5.74, 6) is -0.725. The largest absolute Gasteiger partial charge is 0.481 e. The summed E-state index contributed by atoms with van der Waals surface area (Å²) in [5, 5.41) is 16.0. The number of rotatable bonds is 4. The molecule has 5 nitrogen and oxygen atoms in total. The lowest BCUT2D eigenvalue weighted by Crippen LogP contribution is -2.47. The monoisotopic (exact) mass is 296 g/mol. The number of anilines is 1. The van der Waals surface area contributed by atoms with Crippen LogP contribution in [0.3, 0.4) is 0 Å². The number of amides is 2. The van der Waals surface area contributed by atoms with Crippen LogP contribution in [0.4, 0.5) is 10.5 Å². The Morgan fingerprint density at radius 3 is 2.65 bits per heavy atom. The molecule has 0 saturated carbocycles. The fourth-order valence-electron chi connectivity index (χ4n) is 2.73. The molecule has 2 N–H and O–H groups in total. The number of thiophene rings is 1. The Kier molecular flexibility index (Phi) is 4.65. The number of carbonyl (C=O) groups excluding carboxylic acids is 1. The van der Waals surface area contributed by atoms with Crippen molar-refractivity contribution in [2.75, 3.05) is 18.4 Å². The van der Waals surface area contributed by atoms with Gasteiger partial charge in [-0.25, -0.2) is 4.79 Å². The van der Waals surface area contributed by atoms with Crippen molar-refractivity contribution in [3.8, 4) is 0 Å². The molecule has 2 rings (SSSR count). The maximum Gasteiger partial charge on any atom is 0.321 e. The summed E-state index contributed by atoms with van der Waals surface area (Å²) in [6, 6.07) is 1.71. The smallest absolute Gasteiger partial charge is 0.321 e. The first kappa shape index (κ1) is 14.8. The zero-order chi connectivity index (χ0) is 14.6. The molecule has 1 aliphatic rings. The highest BCUT2D eigenvalue weighted by atomic mass is 32.1. The predicted molar refractivity (Wildman–Crippen MR) is 79.1 cm³/mol. The molecule has 0 bridgehead atoms. The minimum Gasteiger partial charge on any atom is -0.481 e. The van der Waals surface area contributed by atoms with E-state index in [-0.39, 0.29) is 6.03 Å². The first-order valence-electron chi connectivity index (χ1n) is 6.89. The Hall–Kier alpha value is -1.56. The summed E-state index contributed by atoms with van der Waals surface area (Å²) in [4.78, 5) is 25.3. The van der Waals surface area contributed by atoms with Gasteiger partial charge in [-0.1, -0.05) is 13.3 Å². The normalized spacial score (nSPS) is 17.8. The van der Waals surface area contributed by atoms with Crippen LogP contribution in [-0.4, -0.2) is 35.1 Å². The summed E-state index contributed by atoms with van der Waals surface area (Å²) >= 11 is 1.53. The molecular formula is C14H20N2O3S. The van der Waals surface area contributed by atoms with Crippen molar-refractivity contribution < 1.29 is 14.7 Å². The number of aliphatic carboxylic acids is 1. The van der Waals surface area contributed by atoms with Crippen LogP contribution in [0.15, 0.2) is 16.8 Å². The minimum absolute atomic E-state index is 0.140. The van der Waals surface area contributed by atoms with Crippen LogP contribution in [0.2, 0.25) is 0 Å². The number of hydrogen-bond acceptors (Lipinski definition) is 3. The lowest BCUT2D eigenvalue weighted by molar-refractivity contribution is -0.152. The van der Waals surface area contributed by atoms with Gasteiger partial charge in [-0.3, -0.25) is 4.79 Å². The Balaban J connectivity index is 1.93. The molecule has 0 aliphatic carbocycles. The van der Waals surface area contributed by atoms with Gasteiger partial charge in [0.25, 0.3) is 0 Å². The summed E-state index contributed by atoms with van der Waals surface area (Å²) in [6.07, 6.45) is 2.61. The van der Waals surface area contributed by atoms with Gasteiger partial charge in [0.1, 0.15) is 0 Å². The second-order valence-electron chi connectivity index (χ2n) is 5.26. The average Bonchev–Trinajstić information content (AvgIpc) is 2.92. The Labute approximate surface area is 122 Å². The minimum atomic E-state index is -0.725. The number of nitrogens with one attached hydrogen (secondary N) is 1. The lowest BCUT2D eigenvalue weighted by atomic mass is 9.75. The van der Waals surface area contributed by atoms with Crippen LogP contribution < -0.4 is 5.32 Å². The molecule has 2 heterocycles. The fourth-order valence-corrected chi connectivity index (χ4v) is 3.31. The highest BCUT2D eigenvalue weighted by Gasteiger charge is 2.41. The van der Waals surface area contributed by atoms with Gasteiger partial charge in [0, 0.05) is 18.5 Å². The summed E-state index contributed by atoms with van der Waals surface area (Å²) < 4.78 is 0. The third-order valence-corrected chi connectivity index (χ3v) is 4.65. The molecular weight excluding hydrogens is 276 g/mol. The number of nitrogens with zero attached hydrogens (tertiary/aromatic N) is 1. The predicted octanol–water partition coefficient (Wildman–Crippen LogP) is 3.25. The first-order valence-corrected chi connectivity index (χ1v) is 7.83. The van der Waals surface area contributed by atoms with Crippen LogP contribution >= 0.6 is 11.3 Å². The van der Waals surface area contributed by atoms with E-state index in [1.807, 2.05) is 23.8 Å². The Bertz CT molecular complexity index is 465. The summed E-state index contributed by atoms with van der Waals surface area (Å²) in [6.45, 7) is 3.00. The van der Waals surface area contributed by atoms with Crippen molar-refractivity contribution in [2.24, 2.45) is 5.41 Å². The molecule has 0 aromatic carbocycles. The van der Waals surface area contributed by atoms with Gasteiger partial charge in [-0.15, -0.1) is 0 Å². The molecule has 2 amide bonds. The van der Waals surface area contributed by atoms with E-state index in [2.05, 4.69) is 5.32 Å². The SMILES string of the molecule is CCCC1(C(=O)O)CCN(C(=O)Nc2ccsc2)CC1. The number of carboxylic acid groups (broad SMARTS) is 1. The van der Waals surface area contributed by atoms with Crippen LogP contribution in [0.25, 0.3) is 0 Å². The first-order chi connectivity index (χ1) is 9.57. The summed E-state index contributed by atoms with van der Waals surface area (Å²) in [5.41, 5.74) is 0.150. The Morgan fingerprint density at radius 2 is 2.15 bits per heavy atom. The fraction of sp³-hybridized carbons (Fsp3) is 0.571. The molecule has 0 atom stereocenters. The van der Waals surface area contributed by atoms with Gasteiger partial charge in [0.15, 0.2) is 0 Å². The maximum atomic E-state index is 12.1. The zero-order valence-electron chi connectivity index (χ0n) is 11.6. The van der Waals surface area contributed by atoms with E-state index in [1.165, 1.54) is 11.3 Å². The van der Waals surface area contributed by atoms with E-state index in [4.69, 9.17) is 0 Å². The van der Waals surface area contributed by atoms with Crippen LogP contribution in [0.5, 0.6) is 0 Å². The quantitative estimate of drug-likeness (QED) is 0.896. The van der Waals surface area contributed by atoms with Gasteiger partial charge in [-0.05, 0) is 30.7 Å². The lowest BCUT2D eigenvalue weighted by Gasteiger charge is -2.38. The van der Waals surface area contributed by atoms with E-state index in [0.29, 0.717) is 32.4 Å². The van der Waals surface area contributed by atoms with E-state index >= 15 is 0 Å². The topological polar surface area (TPSA) is 69.6 Å². The molecule has 1 fully saturated rings. The molecule has 1 aliphatic heterocycles. The molecule has 0 unspecified atom stereocenters. The van der Waals surface area contributed by atoms with Gasteiger partial charge in [0.2, 0.25) is 0 Å². The van der Waals surface area contributed by atoms with E-state index < -0.39 is 11.4 Å². The number of hydrogen-bond donors (Lipinski definition) is 2. The average molecular weight is 296 g/mol. The third-order valence-electron chi connectivity index (χ3n) is 3.96. The van der Waals surface area contributed by atoms with Gasteiger partial charge < -0.3 is 15.3 Å². The van der Waals surface area contributed by atoms with Crippen LogP contribution in [0.1, 0.15) is 32.6 Å². The third kappa shape index (κ3) is 3.12. The van der Waals surface area contributed by atoms with Crippen molar-refractivity contribution in [1.82, 2.24) is 4.90 Å². The number of carboxylic acids is 1. The number of carbonyl (C=O) groups is 2. The van der Waals surface area contributed by atoms with Gasteiger partial charge >= 0.3 is 12.0 Å². The molecule has 1 saturated heterocycles. The Morgan fingerprint density at radius 1 is 1.45 bits per heavy atom. The van der Waals surface area contributed by atoms with Crippen molar-refractivity contribution in [2.45, 2.75) is 32.6 Å².